The van der Waals surface area contributed by atoms with Crippen molar-refractivity contribution in [1.82, 2.24) is 0 Å². The molecule has 0 amide bonds. The summed E-state index contributed by atoms with van der Waals surface area (Å²) < 4.78 is 29.6. The molecule has 7 nitrogen and oxygen atoms in total. The number of ether oxygens (including phenoxy) is 5. The minimum absolute atomic E-state index is 0.0993. The van der Waals surface area contributed by atoms with Crippen LogP contribution in [0.3, 0.4) is 0 Å². The van der Waals surface area contributed by atoms with Crippen molar-refractivity contribution in [2.75, 3.05) is 6.61 Å². The average Bonchev–Trinajstić information content (AvgIpc) is 3.03. The molecule has 0 bridgehead atoms. The zero-order chi connectivity index (χ0) is 24.6. The van der Waals surface area contributed by atoms with Crippen molar-refractivity contribution in [3.05, 3.63) is 83.4 Å². The summed E-state index contributed by atoms with van der Waals surface area (Å²) in [6.45, 7) is 7.13. The predicted octanol–water partition coefficient (Wildman–Crippen LogP) is 4.34. The van der Waals surface area contributed by atoms with E-state index in [1.807, 2.05) is 80.6 Å². The first-order chi connectivity index (χ1) is 16.3. The Morgan fingerprint density at radius 2 is 1.41 bits per heavy atom. The van der Waals surface area contributed by atoms with Gasteiger partial charge in [0.2, 0.25) is 6.29 Å². The molecular weight excluding hydrogens is 436 g/mol. The van der Waals surface area contributed by atoms with Gasteiger partial charge < -0.3 is 23.7 Å². The lowest BCUT2D eigenvalue weighted by Gasteiger charge is -2.32. The van der Waals surface area contributed by atoms with Gasteiger partial charge in [0.1, 0.15) is 11.7 Å². The summed E-state index contributed by atoms with van der Waals surface area (Å²) in [4.78, 5) is 23.8. The largest absolute Gasteiger partial charge is 0.453 e. The first-order valence-electron chi connectivity index (χ1n) is 11.2. The highest BCUT2D eigenvalue weighted by Crippen LogP contribution is 2.39. The molecule has 34 heavy (non-hydrogen) atoms. The molecule has 2 aromatic rings. The third-order valence-corrected chi connectivity index (χ3v) is 5.21. The zero-order valence-corrected chi connectivity index (χ0v) is 20.1. The van der Waals surface area contributed by atoms with Gasteiger partial charge in [-0.2, -0.15) is 0 Å². The molecule has 1 fully saturated rings. The van der Waals surface area contributed by atoms with Crippen LogP contribution in [-0.2, 0) is 46.5 Å². The van der Waals surface area contributed by atoms with Crippen LogP contribution in [0.5, 0.6) is 0 Å². The van der Waals surface area contributed by atoms with Crippen LogP contribution in [0.4, 0.5) is 0 Å². The summed E-state index contributed by atoms with van der Waals surface area (Å²) in [5, 5.41) is 0. The number of benzene rings is 2. The second-order valence-corrected chi connectivity index (χ2v) is 8.54. The molecule has 1 saturated heterocycles. The van der Waals surface area contributed by atoms with Crippen molar-refractivity contribution in [1.29, 1.82) is 0 Å². The van der Waals surface area contributed by atoms with E-state index in [9.17, 15) is 9.59 Å². The van der Waals surface area contributed by atoms with Crippen LogP contribution < -0.4 is 0 Å². The van der Waals surface area contributed by atoms with Crippen molar-refractivity contribution in [2.24, 2.45) is 0 Å². The van der Waals surface area contributed by atoms with Gasteiger partial charge in [-0.05, 0) is 31.1 Å². The van der Waals surface area contributed by atoms with E-state index in [2.05, 4.69) is 0 Å². The second kappa shape index (κ2) is 11.9. The molecule has 1 aliphatic rings. The van der Waals surface area contributed by atoms with E-state index in [0.29, 0.717) is 6.61 Å². The minimum Gasteiger partial charge on any atom is -0.453 e. The number of hydrogen-bond donors (Lipinski definition) is 0. The Balaban J connectivity index is 1.92. The van der Waals surface area contributed by atoms with Crippen molar-refractivity contribution in [3.8, 4) is 0 Å². The van der Waals surface area contributed by atoms with E-state index in [1.165, 1.54) is 13.8 Å². The Hall–Kier alpha value is -3.00. The third-order valence-electron chi connectivity index (χ3n) is 5.21. The van der Waals surface area contributed by atoms with Crippen LogP contribution in [0.25, 0.3) is 0 Å². The smallest absolute Gasteiger partial charge is 0.305 e. The van der Waals surface area contributed by atoms with Crippen molar-refractivity contribution in [2.45, 2.75) is 65.0 Å². The minimum atomic E-state index is -1.15. The summed E-state index contributed by atoms with van der Waals surface area (Å²) >= 11 is 0. The van der Waals surface area contributed by atoms with E-state index in [-0.39, 0.29) is 13.2 Å². The van der Waals surface area contributed by atoms with Crippen LogP contribution in [0.1, 0.15) is 38.8 Å². The molecule has 4 atom stereocenters. The molecule has 1 heterocycles. The average molecular weight is 469 g/mol. The maximum atomic E-state index is 12.0. The lowest BCUT2D eigenvalue weighted by Crippen LogP contribution is -2.48. The van der Waals surface area contributed by atoms with E-state index in [4.69, 9.17) is 23.7 Å². The molecule has 0 aromatic heterocycles. The fraction of sp³-hybridized carbons (Fsp3) is 0.407. The van der Waals surface area contributed by atoms with Crippen LogP contribution >= 0.6 is 0 Å². The maximum Gasteiger partial charge on any atom is 0.305 e. The van der Waals surface area contributed by atoms with Crippen molar-refractivity contribution in [3.63, 3.8) is 0 Å². The Morgan fingerprint density at radius 1 is 0.853 bits per heavy atom. The number of rotatable bonds is 10. The summed E-state index contributed by atoms with van der Waals surface area (Å²) in [6.07, 6.45) is -1.01. The number of carbonyl (C=O) groups excluding carboxylic acids is 2. The summed E-state index contributed by atoms with van der Waals surface area (Å²) in [7, 11) is 0. The number of hydrogen-bond acceptors (Lipinski definition) is 7. The first kappa shape index (κ1) is 25.6. The van der Waals surface area contributed by atoms with Gasteiger partial charge in [0.15, 0.2) is 6.10 Å². The first-order valence-corrected chi connectivity index (χ1v) is 11.2. The van der Waals surface area contributed by atoms with E-state index < -0.39 is 36.0 Å². The molecule has 0 radical (unpaired) electrons. The second-order valence-electron chi connectivity index (χ2n) is 8.54. The molecule has 0 spiro atoms. The maximum absolute atomic E-state index is 12.0. The topological polar surface area (TPSA) is 80.3 Å². The van der Waals surface area contributed by atoms with Gasteiger partial charge in [0.25, 0.3) is 0 Å². The predicted molar refractivity (Wildman–Crippen MR) is 125 cm³/mol. The van der Waals surface area contributed by atoms with Gasteiger partial charge in [-0.25, -0.2) is 0 Å². The quantitative estimate of drug-likeness (QED) is 0.379. The van der Waals surface area contributed by atoms with Crippen LogP contribution in [0.15, 0.2) is 72.3 Å². The number of allylic oxidation sites excluding steroid dienone is 1. The summed E-state index contributed by atoms with van der Waals surface area (Å²) in [5.41, 5.74) is 1.74. The number of carbonyl (C=O) groups is 2. The van der Waals surface area contributed by atoms with E-state index in [1.54, 1.807) is 0 Å². The van der Waals surface area contributed by atoms with Crippen LogP contribution in [0, 0.1) is 0 Å². The Labute approximate surface area is 200 Å². The normalized spacial score (nSPS) is 23.8. The molecule has 1 unspecified atom stereocenters. The highest BCUT2D eigenvalue weighted by atomic mass is 16.8. The highest BCUT2D eigenvalue weighted by Gasteiger charge is 2.58. The molecule has 0 saturated carbocycles. The lowest BCUT2D eigenvalue weighted by atomic mass is 9.93. The standard InChI is InChI=1S/C27H32O7/c1-19(2)15-27(18-30-16-22-11-7-5-8-12-22)25(31-17-23-13-9-6-10-14-23)24(32-20(3)28)26(34-27)33-21(4)29/h5-15,24-26H,16-18H2,1-4H3/t24-,25+,26?,27-/m1/s1. The molecule has 7 heteroatoms. The summed E-state index contributed by atoms with van der Waals surface area (Å²) in [6, 6.07) is 19.4. The van der Waals surface area contributed by atoms with Crippen LogP contribution in [0.2, 0.25) is 0 Å². The van der Waals surface area contributed by atoms with Gasteiger partial charge in [-0.3, -0.25) is 9.59 Å². The number of esters is 2. The van der Waals surface area contributed by atoms with Crippen molar-refractivity contribution < 1.29 is 33.3 Å². The fourth-order valence-electron chi connectivity index (χ4n) is 4.00. The van der Waals surface area contributed by atoms with Gasteiger partial charge >= 0.3 is 11.9 Å². The summed E-state index contributed by atoms with van der Waals surface area (Å²) in [5.74, 6) is -1.08. The van der Waals surface area contributed by atoms with E-state index in [0.717, 1.165) is 16.7 Å². The molecule has 182 valence electrons. The van der Waals surface area contributed by atoms with Crippen LogP contribution in [-0.4, -0.2) is 42.6 Å². The Morgan fingerprint density at radius 3 is 1.94 bits per heavy atom. The molecule has 1 aliphatic heterocycles. The van der Waals surface area contributed by atoms with E-state index >= 15 is 0 Å². The zero-order valence-electron chi connectivity index (χ0n) is 20.1. The highest BCUT2D eigenvalue weighted by molar-refractivity contribution is 5.67. The molecular formula is C27H32O7. The Bertz CT molecular complexity index is 969. The SMILES string of the molecule is CC(=O)OC1O[C@](C=C(C)C)(COCc2ccccc2)[C@@H](OCc2ccccc2)[C@H]1OC(C)=O. The fourth-order valence-corrected chi connectivity index (χ4v) is 4.00. The molecule has 0 aliphatic carbocycles. The van der Waals surface area contributed by atoms with Gasteiger partial charge in [0, 0.05) is 13.8 Å². The molecule has 2 aromatic carbocycles. The monoisotopic (exact) mass is 468 g/mol. The Kier molecular flexibility index (Phi) is 8.98. The third kappa shape index (κ3) is 7.00. The lowest BCUT2D eigenvalue weighted by molar-refractivity contribution is -0.204. The van der Waals surface area contributed by atoms with Gasteiger partial charge in [-0.15, -0.1) is 0 Å². The molecule has 3 rings (SSSR count). The van der Waals surface area contributed by atoms with Gasteiger partial charge in [0.05, 0.1) is 19.8 Å². The van der Waals surface area contributed by atoms with Gasteiger partial charge in [-0.1, -0.05) is 66.2 Å². The van der Waals surface area contributed by atoms with Crippen molar-refractivity contribution >= 4 is 11.9 Å². The molecule has 0 N–H and O–H groups in total.